The summed E-state index contributed by atoms with van der Waals surface area (Å²) in [4.78, 5) is 10.5. The van der Waals surface area contributed by atoms with E-state index in [4.69, 9.17) is 10.8 Å². The van der Waals surface area contributed by atoms with E-state index in [2.05, 4.69) is 4.29 Å². The van der Waals surface area contributed by atoms with Gasteiger partial charge in [-0.25, -0.2) is 0 Å². The van der Waals surface area contributed by atoms with E-state index in [1.807, 2.05) is 0 Å². The normalized spacial score (nSPS) is 13.1. The molecule has 0 saturated heterocycles. The van der Waals surface area contributed by atoms with Crippen LogP contribution in [0.15, 0.2) is 18.2 Å². The number of halogens is 1. The summed E-state index contributed by atoms with van der Waals surface area (Å²) in [6.07, 6.45) is -0.109. The van der Waals surface area contributed by atoms with Crippen LogP contribution in [0.4, 0.5) is 0 Å². The first kappa shape index (κ1) is 14.5. The van der Waals surface area contributed by atoms with E-state index in [0.717, 1.165) is 12.1 Å². The molecule has 0 aliphatic carbocycles. The molecule has 0 heterocycles. The van der Waals surface area contributed by atoms with E-state index in [-0.39, 0.29) is 6.42 Å². The number of nitrogens with two attached hydrogens (primary N) is 1. The Morgan fingerprint density at radius 3 is 2.56 bits per heavy atom. The van der Waals surface area contributed by atoms with Gasteiger partial charge >= 0.3 is 11.7 Å². The molecule has 0 radical (unpaired) electrons. The third-order valence-corrected chi connectivity index (χ3v) is 2.33. The van der Waals surface area contributed by atoms with E-state index in [0.29, 0.717) is 5.56 Å². The van der Waals surface area contributed by atoms with Crippen molar-refractivity contribution >= 4 is 5.97 Å². The zero-order valence-electron chi connectivity index (χ0n) is 8.91. The van der Waals surface area contributed by atoms with Gasteiger partial charge in [0, 0.05) is 6.07 Å². The first-order chi connectivity index (χ1) is 8.19. The molecule has 0 spiro atoms. The molecule has 18 heavy (non-hydrogen) atoms. The number of hydrogen-bond donors (Lipinski definition) is 3. The van der Waals surface area contributed by atoms with Crippen LogP contribution < -0.4 is 24.0 Å². The standard InChI is InChI=1S/C9H10ClNO7/c11-6(9(13)14)3-5-1-2-7(12)8(4-5)18-10(15,16)17/h1-2,4,6,12H,3,11H2,(H,13,14)/t6-/m0/s1. The van der Waals surface area contributed by atoms with Gasteiger partial charge in [-0.3, -0.25) is 4.79 Å². The predicted molar refractivity (Wildman–Crippen MR) is 48.1 cm³/mol. The average molecular weight is 280 g/mol. The van der Waals surface area contributed by atoms with E-state index in [9.17, 15) is 23.9 Å². The molecule has 9 heteroatoms. The minimum Gasteiger partial charge on any atom is -0.504 e. The van der Waals surface area contributed by atoms with Crippen molar-refractivity contribution in [3.63, 3.8) is 0 Å². The number of aliphatic carboxylic acids is 1. The summed E-state index contributed by atoms with van der Waals surface area (Å²) in [6.45, 7) is 0. The van der Waals surface area contributed by atoms with Gasteiger partial charge in [0.05, 0.1) is 0 Å². The molecule has 8 nitrogen and oxygen atoms in total. The van der Waals surface area contributed by atoms with E-state index < -0.39 is 33.8 Å². The highest BCUT2D eigenvalue weighted by Gasteiger charge is 2.24. The van der Waals surface area contributed by atoms with Crippen molar-refractivity contribution in [1.82, 2.24) is 0 Å². The zero-order valence-corrected chi connectivity index (χ0v) is 9.66. The van der Waals surface area contributed by atoms with Crippen LogP contribution in [0.5, 0.6) is 11.5 Å². The molecular weight excluding hydrogens is 270 g/mol. The second-order valence-corrected chi connectivity index (χ2v) is 4.32. The van der Waals surface area contributed by atoms with Crippen LogP contribution in [0.2, 0.25) is 0 Å². The summed E-state index contributed by atoms with van der Waals surface area (Å²) in [5.74, 6) is -2.38. The first-order valence-corrected chi connectivity index (χ1v) is 5.83. The van der Waals surface area contributed by atoms with Crippen LogP contribution >= 0.6 is 0 Å². The molecule has 100 valence electrons. The van der Waals surface area contributed by atoms with Gasteiger partial charge in [-0.1, -0.05) is 10.4 Å². The number of aromatic hydroxyl groups is 1. The second-order valence-electron chi connectivity index (χ2n) is 3.41. The third-order valence-electron chi connectivity index (χ3n) is 1.97. The predicted octanol–water partition coefficient (Wildman–Crippen LogP) is -3.38. The Morgan fingerprint density at radius 2 is 2.06 bits per heavy atom. The molecule has 1 atom stereocenters. The maximum Gasteiger partial charge on any atom is 0.329 e. The number of hydrogen-bond acceptors (Lipinski definition) is 7. The molecule has 4 N–H and O–H groups in total. The van der Waals surface area contributed by atoms with Crippen molar-refractivity contribution in [1.29, 1.82) is 0 Å². The van der Waals surface area contributed by atoms with E-state index in [1.165, 1.54) is 6.07 Å². The largest absolute Gasteiger partial charge is 0.504 e. The fourth-order valence-electron chi connectivity index (χ4n) is 1.19. The summed E-state index contributed by atoms with van der Waals surface area (Å²) in [7, 11) is -4.74. The molecular formula is C9H10ClNO7. The molecule has 0 fully saturated rings. The number of phenolic OH excluding ortho intramolecular Hbond substituents is 1. The van der Waals surface area contributed by atoms with E-state index in [1.54, 1.807) is 0 Å². The van der Waals surface area contributed by atoms with E-state index >= 15 is 0 Å². The highest BCUT2D eigenvalue weighted by atomic mass is 35.7. The number of benzene rings is 1. The van der Waals surface area contributed by atoms with Crippen molar-refractivity contribution in [3.05, 3.63) is 23.8 Å². The quantitative estimate of drug-likeness (QED) is 0.503. The van der Waals surface area contributed by atoms with Crippen molar-refractivity contribution in [2.24, 2.45) is 5.73 Å². The number of carboxylic acids is 1. The van der Waals surface area contributed by atoms with Gasteiger partial charge in [-0.05, 0) is 18.1 Å². The molecule has 0 amide bonds. The van der Waals surface area contributed by atoms with Crippen LogP contribution in [0, 0.1) is 10.2 Å². The molecule has 1 aromatic carbocycles. The molecule has 0 aliphatic rings. The first-order valence-electron chi connectivity index (χ1n) is 4.59. The Bertz CT molecular complexity index is 445. The Balaban J connectivity index is 2.90. The summed E-state index contributed by atoms with van der Waals surface area (Å²) < 4.78 is 35.0. The molecule has 1 rings (SSSR count). The SMILES string of the molecule is N[C@@H](Cc1ccc(O)c(O[Cl+3]([O-])([O-])[O-])c1)C(=O)O. The third kappa shape index (κ3) is 4.35. The van der Waals surface area contributed by atoms with Crippen molar-refractivity contribution < 1.29 is 43.5 Å². The molecule has 1 aromatic rings. The van der Waals surface area contributed by atoms with Crippen LogP contribution in [0.3, 0.4) is 0 Å². The highest BCUT2D eigenvalue weighted by molar-refractivity contribution is 5.73. The molecule has 0 unspecified atom stereocenters. The lowest BCUT2D eigenvalue weighted by Crippen LogP contribution is -2.63. The van der Waals surface area contributed by atoms with Crippen molar-refractivity contribution in [2.75, 3.05) is 0 Å². The maximum atomic E-state index is 10.5. The number of phenols is 1. The Morgan fingerprint density at radius 1 is 1.44 bits per heavy atom. The monoisotopic (exact) mass is 279 g/mol. The average Bonchev–Trinajstić information content (AvgIpc) is 2.20. The highest BCUT2D eigenvalue weighted by Crippen LogP contribution is 2.28. The smallest absolute Gasteiger partial charge is 0.329 e. The lowest BCUT2D eigenvalue weighted by atomic mass is 10.1. The Hall–Kier alpha value is -1.58. The van der Waals surface area contributed by atoms with Gasteiger partial charge in [0.2, 0.25) is 0 Å². The van der Waals surface area contributed by atoms with Crippen molar-refractivity contribution in [2.45, 2.75) is 12.5 Å². The molecule has 0 aliphatic heterocycles. The zero-order chi connectivity index (χ0) is 13.9. The number of rotatable bonds is 5. The minimum atomic E-state index is -4.74. The van der Waals surface area contributed by atoms with Crippen LogP contribution in [0.1, 0.15) is 5.56 Å². The Kier molecular flexibility index (Phi) is 4.33. The van der Waals surface area contributed by atoms with Crippen LogP contribution in [-0.4, -0.2) is 22.2 Å². The number of carbonyl (C=O) groups is 1. The van der Waals surface area contributed by atoms with Gasteiger partial charge in [0.1, 0.15) is 16.3 Å². The lowest BCUT2D eigenvalue weighted by molar-refractivity contribution is -1.91. The molecule has 0 bridgehead atoms. The molecule has 0 saturated carbocycles. The summed E-state index contributed by atoms with van der Waals surface area (Å²) in [5, 5.41) is 17.9. The van der Waals surface area contributed by atoms with Gasteiger partial charge in [-0.15, -0.1) is 0 Å². The Labute approximate surface area is 104 Å². The van der Waals surface area contributed by atoms with Crippen molar-refractivity contribution in [3.8, 4) is 11.5 Å². The topological polar surface area (TPSA) is 162 Å². The summed E-state index contributed by atoms with van der Waals surface area (Å²) in [5.41, 5.74) is 5.58. The fourth-order valence-corrected chi connectivity index (χ4v) is 1.52. The van der Waals surface area contributed by atoms with Crippen LogP contribution in [0.25, 0.3) is 0 Å². The van der Waals surface area contributed by atoms with Gasteiger partial charge in [0.25, 0.3) is 0 Å². The summed E-state index contributed by atoms with van der Waals surface area (Å²) >= 11 is 0. The second kappa shape index (κ2) is 5.38. The van der Waals surface area contributed by atoms with Crippen LogP contribution in [-0.2, 0) is 11.2 Å². The van der Waals surface area contributed by atoms with Gasteiger partial charge < -0.3 is 15.9 Å². The lowest BCUT2D eigenvalue weighted by Gasteiger charge is -2.13. The maximum absolute atomic E-state index is 10.5. The summed E-state index contributed by atoms with van der Waals surface area (Å²) in [6, 6.07) is 2.24. The fraction of sp³-hybridized carbons (Fsp3) is 0.222. The molecule has 0 aromatic heterocycles. The number of carboxylic acid groups (broad SMARTS) is 1. The minimum absolute atomic E-state index is 0.109. The van der Waals surface area contributed by atoms with Gasteiger partial charge in [0.15, 0.2) is 5.75 Å². The van der Waals surface area contributed by atoms with Gasteiger partial charge in [-0.2, -0.15) is 14.0 Å².